The minimum atomic E-state index is -0.294. The molecule has 2 N–H and O–H groups in total. The van der Waals surface area contributed by atoms with Crippen molar-refractivity contribution in [2.75, 3.05) is 11.9 Å². The molecule has 8 heteroatoms. The van der Waals surface area contributed by atoms with E-state index >= 15 is 0 Å². The van der Waals surface area contributed by atoms with Crippen LogP contribution in [0.15, 0.2) is 35.1 Å². The summed E-state index contributed by atoms with van der Waals surface area (Å²) in [7, 11) is 0. The number of hydrogen-bond acceptors (Lipinski definition) is 5. The molecular formula is C21H25N5O3. The molecule has 0 aliphatic heterocycles. The van der Waals surface area contributed by atoms with Gasteiger partial charge in [-0.1, -0.05) is 13.3 Å². The molecule has 1 aromatic carbocycles. The van der Waals surface area contributed by atoms with E-state index in [1.54, 1.807) is 51.1 Å². The molecule has 0 radical (unpaired) electrons. The third-order valence-electron chi connectivity index (χ3n) is 4.54. The number of carbonyl (C=O) groups excluding carboxylic acids is 1. The van der Waals surface area contributed by atoms with Gasteiger partial charge in [-0.2, -0.15) is 9.78 Å². The molecule has 3 rings (SSSR count). The maximum absolute atomic E-state index is 12.7. The van der Waals surface area contributed by atoms with Crippen molar-refractivity contribution in [3.8, 4) is 11.7 Å². The highest BCUT2D eigenvalue weighted by atomic mass is 16.5. The van der Waals surface area contributed by atoms with Crippen LogP contribution < -0.4 is 15.6 Å². The number of benzene rings is 1. The molecule has 8 nitrogen and oxygen atoms in total. The summed E-state index contributed by atoms with van der Waals surface area (Å²) >= 11 is 0. The van der Waals surface area contributed by atoms with Gasteiger partial charge < -0.3 is 10.1 Å². The molecule has 0 unspecified atom stereocenters. The van der Waals surface area contributed by atoms with Crippen molar-refractivity contribution in [2.24, 2.45) is 0 Å². The van der Waals surface area contributed by atoms with Gasteiger partial charge in [0, 0.05) is 22.9 Å². The summed E-state index contributed by atoms with van der Waals surface area (Å²) in [6.07, 6.45) is 2.05. The molecule has 0 fully saturated rings. The summed E-state index contributed by atoms with van der Waals surface area (Å²) in [4.78, 5) is 31.8. The Morgan fingerprint density at radius 1 is 1.21 bits per heavy atom. The topological polar surface area (TPSA) is 102 Å². The van der Waals surface area contributed by atoms with Crippen molar-refractivity contribution in [3.05, 3.63) is 63.2 Å². The van der Waals surface area contributed by atoms with Crippen LogP contribution >= 0.6 is 0 Å². The van der Waals surface area contributed by atoms with Crippen LogP contribution in [-0.4, -0.2) is 32.3 Å². The fourth-order valence-corrected chi connectivity index (χ4v) is 2.71. The standard InChI is InChI=1S/C21H25N5O3/c1-5-6-11-29-17-9-7-16(8-10-17)20(28)23-18-12-13(2)25-26(18)21-22-15(4)14(3)19(27)24-21/h7-10,12H,5-6,11H2,1-4H3,(H,23,28)(H,22,24,27). The van der Waals surface area contributed by atoms with E-state index in [-0.39, 0.29) is 17.4 Å². The van der Waals surface area contributed by atoms with Gasteiger partial charge in [0.25, 0.3) is 11.5 Å². The van der Waals surface area contributed by atoms with Gasteiger partial charge in [-0.15, -0.1) is 0 Å². The van der Waals surface area contributed by atoms with Gasteiger partial charge in [0.05, 0.1) is 12.3 Å². The van der Waals surface area contributed by atoms with Crippen LogP contribution in [0, 0.1) is 20.8 Å². The number of carbonyl (C=O) groups is 1. The van der Waals surface area contributed by atoms with E-state index < -0.39 is 0 Å². The highest BCUT2D eigenvalue weighted by Crippen LogP contribution is 2.17. The van der Waals surface area contributed by atoms with E-state index in [1.165, 1.54) is 4.68 Å². The van der Waals surface area contributed by atoms with Gasteiger partial charge >= 0.3 is 0 Å². The SMILES string of the molecule is CCCCOc1ccc(C(=O)Nc2cc(C)nn2-c2nc(C)c(C)c(=O)[nH]2)cc1. The normalized spacial score (nSPS) is 10.8. The van der Waals surface area contributed by atoms with Gasteiger partial charge in [-0.3, -0.25) is 14.6 Å². The van der Waals surface area contributed by atoms with Crippen LogP contribution in [0.4, 0.5) is 5.82 Å². The zero-order valence-corrected chi connectivity index (χ0v) is 17.1. The Morgan fingerprint density at radius 2 is 1.93 bits per heavy atom. The molecule has 0 aliphatic rings. The van der Waals surface area contributed by atoms with Gasteiger partial charge in [-0.25, -0.2) is 4.98 Å². The van der Waals surface area contributed by atoms with Crippen LogP contribution in [0.25, 0.3) is 5.95 Å². The Kier molecular flexibility index (Phi) is 6.11. The van der Waals surface area contributed by atoms with Crippen molar-refractivity contribution in [2.45, 2.75) is 40.5 Å². The van der Waals surface area contributed by atoms with Crippen LogP contribution in [-0.2, 0) is 0 Å². The number of hydrogen-bond donors (Lipinski definition) is 2. The van der Waals surface area contributed by atoms with E-state index in [0.717, 1.165) is 18.6 Å². The predicted octanol–water partition coefficient (Wildman–Crippen LogP) is 3.31. The fourth-order valence-electron chi connectivity index (χ4n) is 2.71. The summed E-state index contributed by atoms with van der Waals surface area (Å²) in [6.45, 7) is 8.02. The first-order valence-corrected chi connectivity index (χ1v) is 9.57. The van der Waals surface area contributed by atoms with Crippen LogP contribution in [0.1, 0.15) is 47.1 Å². The molecule has 0 aliphatic carbocycles. The lowest BCUT2D eigenvalue weighted by Gasteiger charge is -2.10. The second-order valence-corrected chi connectivity index (χ2v) is 6.86. The Hall–Kier alpha value is -3.42. The van der Waals surface area contributed by atoms with Crippen molar-refractivity contribution in [1.82, 2.24) is 19.7 Å². The van der Waals surface area contributed by atoms with Gasteiger partial charge in [0.1, 0.15) is 11.6 Å². The summed E-state index contributed by atoms with van der Waals surface area (Å²) in [6, 6.07) is 8.68. The quantitative estimate of drug-likeness (QED) is 0.598. The molecule has 0 saturated heterocycles. The number of aryl methyl sites for hydroxylation is 2. The number of ether oxygens (including phenoxy) is 1. The highest BCUT2D eigenvalue weighted by Gasteiger charge is 2.15. The minimum absolute atomic E-state index is 0.239. The Balaban J connectivity index is 1.80. The second kappa shape index (κ2) is 8.72. The molecular weight excluding hydrogens is 370 g/mol. The molecule has 0 atom stereocenters. The van der Waals surface area contributed by atoms with E-state index in [0.29, 0.717) is 34.9 Å². The molecule has 2 aromatic heterocycles. The highest BCUT2D eigenvalue weighted by molar-refractivity contribution is 6.04. The lowest BCUT2D eigenvalue weighted by molar-refractivity contribution is 0.102. The summed E-state index contributed by atoms with van der Waals surface area (Å²) in [5, 5.41) is 7.17. The number of aromatic nitrogens is 4. The van der Waals surface area contributed by atoms with Crippen molar-refractivity contribution < 1.29 is 9.53 Å². The minimum Gasteiger partial charge on any atom is -0.494 e. The number of unbranched alkanes of at least 4 members (excludes halogenated alkanes) is 1. The molecule has 2 heterocycles. The number of nitrogens with one attached hydrogen (secondary N) is 2. The zero-order chi connectivity index (χ0) is 21.0. The lowest BCUT2D eigenvalue weighted by Crippen LogP contribution is -2.20. The molecule has 0 spiro atoms. The number of rotatable bonds is 7. The molecule has 0 bridgehead atoms. The Bertz CT molecular complexity index is 1070. The maximum Gasteiger partial charge on any atom is 0.256 e. The van der Waals surface area contributed by atoms with Gasteiger partial charge in [0.2, 0.25) is 5.95 Å². The van der Waals surface area contributed by atoms with E-state index in [1.807, 2.05) is 0 Å². The monoisotopic (exact) mass is 395 g/mol. The maximum atomic E-state index is 12.7. The van der Waals surface area contributed by atoms with Gasteiger partial charge in [-0.05, 0) is 51.5 Å². The largest absolute Gasteiger partial charge is 0.494 e. The summed E-state index contributed by atoms with van der Waals surface area (Å²) in [5.41, 5.74) is 2.08. The second-order valence-electron chi connectivity index (χ2n) is 6.86. The van der Waals surface area contributed by atoms with E-state index in [4.69, 9.17) is 4.74 Å². The average Bonchev–Trinajstić information content (AvgIpc) is 3.06. The fraction of sp³-hybridized carbons (Fsp3) is 0.333. The van der Waals surface area contributed by atoms with E-state index in [9.17, 15) is 9.59 Å². The number of H-pyrrole nitrogens is 1. The predicted molar refractivity (Wildman–Crippen MR) is 111 cm³/mol. The first kappa shape index (κ1) is 20.3. The van der Waals surface area contributed by atoms with Crippen molar-refractivity contribution >= 4 is 11.7 Å². The molecule has 29 heavy (non-hydrogen) atoms. The number of nitrogens with zero attached hydrogens (tertiary/aromatic N) is 3. The molecule has 3 aromatic rings. The van der Waals surface area contributed by atoms with Crippen molar-refractivity contribution in [1.29, 1.82) is 0 Å². The third-order valence-corrected chi connectivity index (χ3v) is 4.54. The number of aromatic amines is 1. The molecule has 1 amide bonds. The number of amides is 1. The first-order valence-electron chi connectivity index (χ1n) is 9.57. The number of anilines is 1. The smallest absolute Gasteiger partial charge is 0.256 e. The van der Waals surface area contributed by atoms with E-state index in [2.05, 4.69) is 27.3 Å². The van der Waals surface area contributed by atoms with Crippen LogP contribution in [0.2, 0.25) is 0 Å². The molecule has 152 valence electrons. The first-order chi connectivity index (χ1) is 13.9. The lowest BCUT2D eigenvalue weighted by atomic mass is 10.2. The Labute approximate surface area is 168 Å². The Morgan fingerprint density at radius 3 is 2.59 bits per heavy atom. The molecule has 0 saturated carbocycles. The summed E-state index contributed by atoms with van der Waals surface area (Å²) < 4.78 is 7.04. The third kappa shape index (κ3) is 4.71. The van der Waals surface area contributed by atoms with Crippen LogP contribution in [0.5, 0.6) is 5.75 Å². The summed E-state index contributed by atoms with van der Waals surface area (Å²) in [5.74, 6) is 1.11. The average molecular weight is 395 g/mol. The zero-order valence-electron chi connectivity index (χ0n) is 17.1. The van der Waals surface area contributed by atoms with Gasteiger partial charge in [0.15, 0.2) is 0 Å². The van der Waals surface area contributed by atoms with Crippen LogP contribution in [0.3, 0.4) is 0 Å². The van der Waals surface area contributed by atoms with Crippen molar-refractivity contribution in [3.63, 3.8) is 0 Å².